The number of nitrogens with two attached hydrogens (primary N) is 1. The van der Waals surface area contributed by atoms with Crippen LogP contribution in [0.1, 0.15) is 5.82 Å². The minimum Gasteiger partial charge on any atom is -0.355 e. The number of benzene rings is 1. The Bertz CT molecular complexity index is 588. The number of halogens is 3. The molecule has 0 atom stereocenters. The molecule has 0 radical (unpaired) electrons. The van der Waals surface area contributed by atoms with Gasteiger partial charge < -0.3 is 15.6 Å². The molecule has 1 aromatic carbocycles. The number of nitrogens with zero attached hydrogens (tertiary/aromatic N) is 2. The van der Waals surface area contributed by atoms with Crippen LogP contribution in [0.2, 0.25) is 0 Å². The van der Waals surface area contributed by atoms with Crippen LogP contribution in [0.4, 0.5) is 4.39 Å². The molecule has 0 aliphatic rings. The highest BCUT2D eigenvalue weighted by molar-refractivity contribution is 5.85. The Morgan fingerprint density at radius 1 is 1.45 bits per heavy atom. The average Bonchev–Trinajstić information content (AvgIpc) is 2.65. The quantitative estimate of drug-likeness (QED) is 0.887. The lowest BCUT2D eigenvalue weighted by Gasteiger charge is -2.03. The molecule has 0 saturated carbocycles. The van der Waals surface area contributed by atoms with E-state index in [0.717, 1.165) is 11.3 Å². The second-order valence-corrected chi connectivity index (χ2v) is 4.02. The third kappa shape index (κ3) is 4.06. The van der Waals surface area contributed by atoms with Gasteiger partial charge in [-0.3, -0.25) is 4.79 Å². The molecule has 0 spiro atoms. The Kier molecular flexibility index (Phi) is 7.49. The van der Waals surface area contributed by atoms with Crippen LogP contribution >= 0.6 is 24.8 Å². The molecule has 0 fully saturated rings. The number of aryl methyl sites for hydroxylation is 1. The first kappa shape index (κ1) is 18.6. The molecule has 8 heteroatoms. The van der Waals surface area contributed by atoms with Crippen molar-refractivity contribution in [3.8, 4) is 0 Å². The van der Waals surface area contributed by atoms with Crippen LogP contribution in [0.3, 0.4) is 0 Å². The second kappa shape index (κ2) is 8.04. The molecule has 2 aromatic rings. The lowest BCUT2D eigenvalue weighted by Crippen LogP contribution is -2.32. The number of hydrogen-bond donors (Lipinski definition) is 2. The Balaban J connectivity index is 0.00000180. The standard InChI is InChI=1S/C12H15FN4O.2ClH/c1-17-10-3-2-8(13)6-9(10)16-11(17)4-5-15-12(18)7-14;;/h2-3,6H,4-5,7,14H2,1H3,(H,15,18);2*1H. The maximum absolute atomic E-state index is 13.1. The van der Waals surface area contributed by atoms with Crippen molar-refractivity contribution in [1.82, 2.24) is 14.9 Å². The van der Waals surface area contributed by atoms with Gasteiger partial charge in [-0.25, -0.2) is 9.37 Å². The Morgan fingerprint density at radius 2 is 2.15 bits per heavy atom. The molecule has 1 amide bonds. The van der Waals surface area contributed by atoms with Gasteiger partial charge in [0.1, 0.15) is 11.6 Å². The summed E-state index contributed by atoms with van der Waals surface area (Å²) >= 11 is 0. The Hall–Kier alpha value is -1.37. The van der Waals surface area contributed by atoms with E-state index in [1.165, 1.54) is 12.1 Å². The third-order valence-corrected chi connectivity index (χ3v) is 2.79. The molecule has 112 valence electrons. The van der Waals surface area contributed by atoms with Gasteiger partial charge in [-0.1, -0.05) is 0 Å². The Labute approximate surface area is 128 Å². The fourth-order valence-electron chi connectivity index (χ4n) is 1.83. The highest BCUT2D eigenvalue weighted by Gasteiger charge is 2.08. The summed E-state index contributed by atoms with van der Waals surface area (Å²) in [6, 6.07) is 4.50. The fourth-order valence-corrected chi connectivity index (χ4v) is 1.83. The number of rotatable bonds is 4. The van der Waals surface area contributed by atoms with E-state index in [1.54, 1.807) is 6.07 Å². The van der Waals surface area contributed by atoms with E-state index < -0.39 is 0 Å². The molecule has 0 aliphatic heterocycles. The van der Waals surface area contributed by atoms with Crippen molar-refractivity contribution >= 4 is 41.8 Å². The van der Waals surface area contributed by atoms with Crippen molar-refractivity contribution in [1.29, 1.82) is 0 Å². The highest BCUT2D eigenvalue weighted by Crippen LogP contribution is 2.16. The van der Waals surface area contributed by atoms with Crippen molar-refractivity contribution in [2.75, 3.05) is 13.1 Å². The van der Waals surface area contributed by atoms with Gasteiger partial charge in [-0.05, 0) is 12.1 Å². The van der Waals surface area contributed by atoms with Gasteiger partial charge in [-0.15, -0.1) is 24.8 Å². The normalized spacial score (nSPS) is 9.75. The first-order valence-electron chi connectivity index (χ1n) is 5.69. The fraction of sp³-hybridized carbons (Fsp3) is 0.333. The van der Waals surface area contributed by atoms with Gasteiger partial charge in [-0.2, -0.15) is 0 Å². The summed E-state index contributed by atoms with van der Waals surface area (Å²) < 4.78 is 15.0. The molecule has 20 heavy (non-hydrogen) atoms. The lowest BCUT2D eigenvalue weighted by atomic mass is 10.3. The minimum atomic E-state index is -0.302. The third-order valence-electron chi connectivity index (χ3n) is 2.79. The van der Waals surface area contributed by atoms with E-state index in [9.17, 15) is 9.18 Å². The number of carbonyl (C=O) groups is 1. The monoisotopic (exact) mass is 322 g/mol. The van der Waals surface area contributed by atoms with Crippen LogP contribution in [0.5, 0.6) is 0 Å². The molecular weight excluding hydrogens is 306 g/mol. The van der Waals surface area contributed by atoms with Crippen LogP contribution in [0, 0.1) is 5.82 Å². The summed E-state index contributed by atoms with van der Waals surface area (Å²) in [5.41, 5.74) is 6.68. The number of amides is 1. The zero-order valence-electron chi connectivity index (χ0n) is 10.9. The van der Waals surface area contributed by atoms with Gasteiger partial charge in [0.2, 0.25) is 5.91 Å². The first-order valence-corrected chi connectivity index (χ1v) is 5.69. The van der Waals surface area contributed by atoms with E-state index in [4.69, 9.17) is 5.73 Å². The lowest BCUT2D eigenvalue weighted by molar-refractivity contribution is -0.119. The minimum absolute atomic E-state index is 0. The van der Waals surface area contributed by atoms with Crippen molar-refractivity contribution < 1.29 is 9.18 Å². The molecule has 1 aromatic heterocycles. The molecule has 0 saturated heterocycles. The second-order valence-electron chi connectivity index (χ2n) is 4.02. The SMILES string of the molecule is Cl.Cl.Cn1c(CCNC(=O)CN)nc2cc(F)ccc21. The summed E-state index contributed by atoms with van der Waals surface area (Å²) in [5.74, 6) is 0.302. The number of nitrogens with one attached hydrogen (secondary N) is 1. The van der Waals surface area contributed by atoms with E-state index in [0.29, 0.717) is 18.5 Å². The van der Waals surface area contributed by atoms with Gasteiger partial charge in [0.05, 0.1) is 17.6 Å². The molecule has 0 bridgehead atoms. The van der Waals surface area contributed by atoms with Crippen LogP contribution in [0.15, 0.2) is 18.2 Å². The van der Waals surface area contributed by atoms with Crippen molar-refractivity contribution in [2.45, 2.75) is 6.42 Å². The highest BCUT2D eigenvalue weighted by atomic mass is 35.5. The molecular formula is C12H17Cl2FN4O. The van der Waals surface area contributed by atoms with Gasteiger partial charge in [0, 0.05) is 26.1 Å². The van der Waals surface area contributed by atoms with E-state index in [2.05, 4.69) is 10.3 Å². The maximum atomic E-state index is 13.1. The summed E-state index contributed by atoms with van der Waals surface area (Å²) in [6.45, 7) is 0.448. The summed E-state index contributed by atoms with van der Waals surface area (Å²) in [7, 11) is 1.87. The molecule has 5 nitrogen and oxygen atoms in total. The van der Waals surface area contributed by atoms with Crippen LogP contribution in [0.25, 0.3) is 11.0 Å². The van der Waals surface area contributed by atoms with E-state index >= 15 is 0 Å². The van der Waals surface area contributed by atoms with E-state index in [-0.39, 0.29) is 43.1 Å². The largest absolute Gasteiger partial charge is 0.355 e. The van der Waals surface area contributed by atoms with Gasteiger partial charge in [0.25, 0.3) is 0 Å². The predicted molar refractivity (Wildman–Crippen MR) is 80.9 cm³/mol. The summed E-state index contributed by atoms with van der Waals surface area (Å²) in [5, 5.41) is 2.67. The number of aromatic nitrogens is 2. The van der Waals surface area contributed by atoms with Crippen molar-refractivity contribution in [2.24, 2.45) is 12.8 Å². The molecule has 3 N–H and O–H groups in total. The van der Waals surface area contributed by atoms with Crippen molar-refractivity contribution in [3.05, 3.63) is 29.8 Å². The van der Waals surface area contributed by atoms with Crippen LogP contribution in [-0.4, -0.2) is 28.5 Å². The number of carbonyl (C=O) groups excluding carboxylic acids is 1. The van der Waals surface area contributed by atoms with E-state index in [1.807, 2.05) is 11.6 Å². The molecule has 1 heterocycles. The number of fused-ring (bicyclic) bond motifs is 1. The predicted octanol–water partition coefficient (Wildman–Crippen LogP) is 1.17. The van der Waals surface area contributed by atoms with Gasteiger partial charge in [0.15, 0.2) is 0 Å². The smallest absolute Gasteiger partial charge is 0.233 e. The zero-order chi connectivity index (χ0) is 13.1. The number of imidazole rings is 1. The zero-order valence-corrected chi connectivity index (χ0v) is 12.6. The van der Waals surface area contributed by atoms with Crippen LogP contribution < -0.4 is 11.1 Å². The summed E-state index contributed by atoms with van der Waals surface area (Å²) in [6.07, 6.45) is 0.582. The Morgan fingerprint density at radius 3 is 2.80 bits per heavy atom. The van der Waals surface area contributed by atoms with Crippen molar-refractivity contribution in [3.63, 3.8) is 0 Å². The first-order chi connectivity index (χ1) is 8.61. The van der Waals surface area contributed by atoms with Crippen LogP contribution in [-0.2, 0) is 18.3 Å². The topological polar surface area (TPSA) is 72.9 Å². The average molecular weight is 323 g/mol. The molecule has 0 unspecified atom stereocenters. The molecule has 0 aliphatic carbocycles. The van der Waals surface area contributed by atoms with Gasteiger partial charge >= 0.3 is 0 Å². The summed E-state index contributed by atoms with van der Waals surface area (Å²) in [4.78, 5) is 15.3. The number of hydrogen-bond acceptors (Lipinski definition) is 3. The molecule has 2 rings (SSSR count). The maximum Gasteiger partial charge on any atom is 0.233 e.